The van der Waals surface area contributed by atoms with Gasteiger partial charge in [0, 0.05) is 10.6 Å². The molecule has 0 radical (unpaired) electrons. The Kier molecular flexibility index (Phi) is 6.68. The average Bonchev–Trinajstić information content (AvgIpc) is 2.97. The standard InChI is InChI=1S/C15H18N2O2S.ClH/c1-11(16)15(18)17(10-14-4-3-9-20-14)12-5-7-13(19-2)8-6-12;/h3-9,11H,10,16H2,1-2H3;1H. The molecule has 1 aromatic heterocycles. The number of anilines is 1. The fraction of sp³-hybridized carbons (Fsp3) is 0.267. The number of rotatable bonds is 5. The van der Waals surface area contributed by atoms with Crippen LogP contribution < -0.4 is 15.4 Å². The highest BCUT2D eigenvalue weighted by atomic mass is 35.5. The van der Waals surface area contributed by atoms with Gasteiger partial charge >= 0.3 is 0 Å². The minimum absolute atomic E-state index is 0. The molecule has 1 atom stereocenters. The SMILES string of the molecule is COc1ccc(N(Cc2cccs2)C(=O)C(C)N)cc1.Cl. The fourth-order valence-corrected chi connectivity index (χ4v) is 2.56. The Morgan fingerprint density at radius 3 is 2.48 bits per heavy atom. The number of nitrogens with two attached hydrogens (primary N) is 1. The highest BCUT2D eigenvalue weighted by molar-refractivity contribution is 7.09. The zero-order valence-electron chi connectivity index (χ0n) is 12.0. The number of benzene rings is 1. The van der Waals surface area contributed by atoms with E-state index in [1.165, 1.54) is 0 Å². The molecule has 1 amide bonds. The maximum Gasteiger partial charge on any atom is 0.243 e. The monoisotopic (exact) mass is 326 g/mol. The van der Waals surface area contributed by atoms with Crippen LogP contribution in [0.4, 0.5) is 5.69 Å². The van der Waals surface area contributed by atoms with Gasteiger partial charge in [-0.3, -0.25) is 4.79 Å². The van der Waals surface area contributed by atoms with Gasteiger partial charge in [-0.2, -0.15) is 0 Å². The van der Waals surface area contributed by atoms with Gasteiger partial charge in [-0.1, -0.05) is 6.07 Å². The van der Waals surface area contributed by atoms with Crippen molar-refractivity contribution in [3.8, 4) is 5.75 Å². The summed E-state index contributed by atoms with van der Waals surface area (Å²) in [5, 5.41) is 2.00. The average molecular weight is 327 g/mol. The zero-order chi connectivity index (χ0) is 14.5. The summed E-state index contributed by atoms with van der Waals surface area (Å²) in [5.74, 6) is 0.668. The van der Waals surface area contributed by atoms with E-state index >= 15 is 0 Å². The normalized spacial score (nSPS) is 11.4. The van der Waals surface area contributed by atoms with Crippen LogP contribution in [0.1, 0.15) is 11.8 Å². The fourth-order valence-electron chi connectivity index (χ4n) is 1.86. The van der Waals surface area contributed by atoms with Crippen LogP contribution in [0.2, 0.25) is 0 Å². The highest BCUT2D eigenvalue weighted by Gasteiger charge is 2.20. The third-order valence-electron chi connectivity index (χ3n) is 2.93. The van der Waals surface area contributed by atoms with Crippen molar-refractivity contribution in [3.05, 3.63) is 46.7 Å². The van der Waals surface area contributed by atoms with Crippen LogP contribution in [0.5, 0.6) is 5.75 Å². The Labute approximate surface area is 134 Å². The van der Waals surface area contributed by atoms with Gasteiger partial charge in [0.1, 0.15) is 5.75 Å². The van der Waals surface area contributed by atoms with Crippen LogP contribution in [0.15, 0.2) is 41.8 Å². The van der Waals surface area contributed by atoms with Gasteiger partial charge in [0.15, 0.2) is 0 Å². The van der Waals surface area contributed by atoms with E-state index in [1.807, 2.05) is 41.8 Å². The highest BCUT2D eigenvalue weighted by Crippen LogP contribution is 2.23. The van der Waals surface area contributed by atoms with Crippen LogP contribution in [-0.4, -0.2) is 19.1 Å². The molecule has 0 bridgehead atoms. The molecule has 0 aliphatic carbocycles. The van der Waals surface area contributed by atoms with E-state index in [0.717, 1.165) is 16.3 Å². The molecule has 1 unspecified atom stereocenters. The first-order valence-corrected chi connectivity index (χ1v) is 7.23. The molecular formula is C15H19ClN2O2S. The summed E-state index contributed by atoms with van der Waals surface area (Å²) >= 11 is 1.62. The van der Waals surface area contributed by atoms with Crippen molar-refractivity contribution in [1.29, 1.82) is 0 Å². The lowest BCUT2D eigenvalue weighted by Crippen LogP contribution is -2.41. The third-order valence-corrected chi connectivity index (χ3v) is 3.79. The molecule has 0 saturated heterocycles. The lowest BCUT2D eigenvalue weighted by molar-refractivity contribution is -0.119. The Hall–Kier alpha value is -1.56. The van der Waals surface area contributed by atoms with Crippen molar-refractivity contribution >= 4 is 35.3 Å². The van der Waals surface area contributed by atoms with E-state index < -0.39 is 6.04 Å². The summed E-state index contributed by atoms with van der Waals surface area (Å²) < 4.78 is 5.14. The van der Waals surface area contributed by atoms with Crippen LogP contribution in [0.25, 0.3) is 0 Å². The number of hydrogen-bond acceptors (Lipinski definition) is 4. The molecule has 4 nitrogen and oxygen atoms in total. The van der Waals surface area contributed by atoms with Crippen molar-refractivity contribution in [2.24, 2.45) is 5.73 Å². The number of ether oxygens (including phenoxy) is 1. The lowest BCUT2D eigenvalue weighted by Gasteiger charge is -2.24. The van der Waals surface area contributed by atoms with E-state index in [0.29, 0.717) is 6.54 Å². The first-order chi connectivity index (χ1) is 9.61. The van der Waals surface area contributed by atoms with E-state index in [4.69, 9.17) is 10.5 Å². The maximum atomic E-state index is 12.3. The van der Waals surface area contributed by atoms with E-state index in [9.17, 15) is 4.79 Å². The van der Waals surface area contributed by atoms with Crippen LogP contribution in [0.3, 0.4) is 0 Å². The number of hydrogen-bond donors (Lipinski definition) is 1. The van der Waals surface area contributed by atoms with Crippen LogP contribution in [0, 0.1) is 0 Å². The topological polar surface area (TPSA) is 55.6 Å². The second-order valence-corrected chi connectivity index (χ2v) is 5.52. The summed E-state index contributed by atoms with van der Waals surface area (Å²) in [6.45, 7) is 2.23. The first-order valence-electron chi connectivity index (χ1n) is 6.35. The van der Waals surface area contributed by atoms with Crippen molar-refractivity contribution in [1.82, 2.24) is 0 Å². The van der Waals surface area contributed by atoms with E-state index in [-0.39, 0.29) is 18.3 Å². The quantitative estimate of drug-likeness (QED) is 0.918. The molecule has 6 heteroatoms. The Balaban J connectivity index is 0.00000220. The predicted molar refractivity (Wildman–Crippen MR) is 89.4 cm³/mol. The number of carbonyl (C=O) groups is 1. The number of halogens is 1. The third kappa shape index (κ3) is 4.46. The second kappa shape index (κ2) is 8.02. The molecule has 21 heavy (non-hydrogen) atoms. The molecule has 0 spiro atoms. The van der Waals surface area contributed by atoms with Gasteiger partial charge in [-0.05, 0) is 42.6 Å². The Morgan fingerprint density at radius 1 is 1.33 bits per heavy atom. The number of thiophene rings is 1. The molecule has 2 aromatic rings. The van der Waals surface area contributed by atoms with Gasteiger partial charge < -0.3 is 15.4 Å². The molecule has 2 N–H and O–H groups in total. The summed E-state index contributed by atoms with van der Waals surface area (Å²) in [6.07, 6.45) is 0. The zero-order valence-corrected chi connectivity index (χ0v) is 13.6. The summed E-state index contributed by atoms with van der Waals surface area (Å²) in [7, 11) is 1.62. The van der Waals surface area contributed by atoms with Gasteiger partial charge in [-0.15, -0.1) is 23.7 Å². The maximum absolute atomic E-state index is 12.3. The molecule has 0 aliphatic heterocycles. The largest absolute Gasteiger partial charge is 0.497 e. The lowest BCUT2D eigenvalue weighted by atomic mass is 10.2. The number of amides is 1. The Morgan fingerprint density at radius 2 is 2.00 bits per heavy atom. The predicted octanol–water partition coefficient (Wildman–Crippen LogP) is 3.06. The van der Waals surface area contributed by atoms with Crippen LogP contribution >= 0.6 is 23.7 Å². The second-order valence-electron chi connectivity index (χ2n) is 4.49. The smallest absolute Gasteiger partial charge is 0.243 e. The summed E-state index contributed by atoms with van der Waals surface area (Å²) in [6, 6.07) is 10.9. The molecule has 1 aromatic carbocycles. The molecule has 0 saturated carbocycles. The molecular weight excluding hydrogens is 308 g/mol. The van der Waals surface area contributed by atoms with E-state index in [1.54, 1.807) is 30.3 Å². The number of methoxy groups -OCH3 is 1. The van der Waals surface area contributed by atoms with Crippen molar-refractivity contribution in [2.75, 3.05) is 12.0 Å². The molecule has 1 heterocycles. The van der Waals surface area contributed by atoms with Gasteiger partial charge in [0.05, 0.1) is 19.7 Å². The summed E-state index contributed by atoms with van der Waals surface area (Å²) in [4.78, 5) is 15.1. The minimum Gasteiger partial charge on any atom is -0.497 e. The minimum atomic E-state index is -0.530. The van der Waals surface area contributed by atoms with Crippen molar-refractivity contribution in [3.63, 3.8) is 0 Å². The van der Waals surface area contributed by atoms with Gasteiger partial charge in [0.25, 0.3) is 0 Å². The van der Waals surface area contributed by atoms with Crippen LogP contribution in [-0.2, 0) is 11.3 Å². The van der Waals surface area contributed by atoms with Crippen molar-refractivity contribution < 1.29 is 9.53 Å². The molecule has 114 valence electrons. The van der Waals surface area contributed by atoms with Crippen molar-refractivity contribution in [2.45, 2.75) is 19.5 Å². The number of nitrogens with zero attached hydrogens (tertiary/aromatic N) is 1. The molecule has 0 fully saturated rings. The summed E-state index contributed by atoms with van der Waals surface area (Å²) in [5.41, 5.74) is 6.57. The van der Waals surface area contributed by atoms with Gasteiger partial charge in [-0.25, -0.2) is 0 Å². The van der Waals surface area contributed by atoms with E-state index in [2.05, 4.69) is 0 Å². The molecule has 0 aliphatic rings. The first kappa shape index (κ1) is 17.5. The molecule has 2 rings (SSSR count). The van der Waals surface area contributed by atoms with Gasteiger partial charge in [0.2, 0.25) is 5.91 Å². The Bertz CT molecular complexity index is 556. The number of carbonyl (C=O) groups excluding carboxylic acids is 1.